The molecule has 2 aromatic rings. The number of hydrogen-bond donors (Lipinski definition) is 1. The number of fused-ring (bicyclic) bond motifs is 1. The van der Waals surface area contributed by atoms with Gasteiger partial charge in [0.2, 0.25) is 0 Å². The zero-order valence-electron chi connectivity index (χ0n) is 10.5. The molecule has 0 atom stereocenters. The van der Waals surface area contributed by atoms with E-state index in [0.29, 0.717) is 5.02 Å². The second kappa shape index (κ2) is 4.38. The van der Waals surface area contributed by atoms with Gasteiger partial charge in [-0.15, -0.1) is 0 Å². The van der Waals surface area contributed by atoms with E-state index in [0.717, 1.165) is 41.8 Å². The van der Waals surface area contributed by atoms with Gasteiger partial charge >= 0.3 is 5.97 Å². The normalized spacial score (nSPS) is 13.6. The SMILES string of the molecule is Cc1c(Cl)cccc1-n1nc(C(=O)O)c2c1CCC2. The van der Waals surface area contributed by atoms with Gasteiger partial charge in [0.1, 0.15) is 0 Å². The topological polar surface area (TPSA) is 55.1 Å². The van der Waals surface area contributed by atoms with Crippen molar-refractivity contribution < 1.29 is 9.90 Å². The lowest BCUT2D eigenvalue weighted by atomic mass is 10.2. The van der Waals surface area contributed by atoms with Crippen LogP contribution in [-0.2, 0) is 12.8 Å². The third-order valence-corrected chi connectivity index (χ3v) is 4.01. The van der Waals surface area contributed by atoms with Crippen molar-refractivity contribution in [2.75, 3.05) is 0 Å². The van der Waals surface area contributed by atoms with Crippen LogP contribution in [-0.4, -0.2) is 20.9 Å². The van der Waals surface area contributed by atoms with Crippen molar-refractivity contribution in [1.82, 2.24) is 9.78 Å². The fraction of sp³-hybridized carbons (Fsp3) is 0.286. The standard InChI is InChI=1S/C14H13ClN2O2/c1-8-10(15)5-3-6-11(8)17-12-7-2-4-9(12)13(16-17)14(18)19/h3,5-6H,2,4,7H2,1H3,(H,18,19). The summed E-state index contributed by atoms with van der Waals surface area (Å²) < 4.78 is 1.74. The van der Waals surface area contributed by atoms with E-state index in [1.54, 1.807) is 4.68 Å². The summed E-state index contributed by atoms with van der Waals surface area (Å²) in [4.78, 5) is 11.3. The molecule has 4 nitrogen and oxygen atoms in total. The Kier molecular flexibility index (Phi) is 2.82. The lowest BCUT2D eigenvalue weighted by Crippen LogP contribution is -2.06. The predicted molar refractivity (Wildman–Crippen MR) is 72.3 cm³/mol. The third-order valence-electron chi connectivity index (χ3n) is 3.60. The Morgan fingerprint density at radius 3 is 2.95 bits per heavy atom. The maximum Gasteiger partial charge on any atom is 0.356 e. The summed E-state index contributed by atoms with van der Waals surface area (Å²) in [6, 6.07) is 5.59. The van der Waals surface area contributed by atoms with E-state index in [1.807, 2.05) is 25.1 Å². The first-order chi connectivity index (χ1) is 9.09. The molecule has 0 bridgehead atoms. The lowest BCUT2D eigenvalue weighted by molar-refractivity contribution is 0.0689. The summed E-state index contributed by atoms with van der Waals surface area (Å²) in [6.45, 7) is 1.92. The molecule has 0 saturated carbocycles. The van der Waals surface area contributed by atoms with Gasteiger partial charge in [0.15, 0.2) is 5.69 Å². The van der Waals surface area contributed by atoms with Crippen molar-refractivity contribution in [1.29, 1.82) is 0 Å². The molecule has 1 heterocycles. The summed E-state index contributed by atoms with van der Waals surface area (Å²) in [5.41, 5.74) is 3.82. The van der Waals surface area contributed by atoms with Gasteiger partial charge in [0, 0.05) is 16.3 Å². The van der Waals surface area contributed by atoms with Crippen LogP contribution >= 0.6 is 11.6 Å². The van der Waals surface area contributed by atoms with Crippen molar-refractivity contribution in [2.45, 2.75) is 26.2 Å². The first-order valence-electron chi connectivity index (χ1n) is 6.19. The highest BCUT2D eigenvalue weighted by Gasteiger charge is 2.27. The number of benzene rings is 1. The van der Waals surface area contributed by atoms with Gasteiger partial charge in [-0.1, -0.05) is 17.7 Å². The quantitative estimate of drug-likeness (QED) is 0.917. The van der Waals surface area contributed by atoms with E-state index in [4.69, 9.17) is 11.6 Å². The van der Waals surface area contributed by atoms with Gasteiger partial charge in [-0.3, -0.25) is 0 Å². The number of carbonyl (C=O) groups is 1. The van der Waals surface area contributed by atoms with Crippen LogP contribution in [0.5, 0.6) is 0 Å². The van der Waals surface area contributed by atoms with Crippen LogP contribution in [0.15, 0.2) is 18.2 Å². The molecule has 1 aromatic heterocycles. The van der Waals surface area contributed by atoms with Crippen molar-refractivity contribution in [3.05, 3.63) is 45.7 Å². The van der Waals surface area contributed by atoms with Crippen LogP contribution in [0.4, 0.5) is 0 Å². The molecule has 0 unspecified atom stereocenters. The molecule has 5 heteroatoms. The van der Waals surface area contributed by atoms with Gasteiger partial charge in [0.05, 0.1) is 5.69 Å². The molecule has 1 aliphatic carbocycles. The Hall–Kier alpha value is -1.81. The number of carboxylic acids is 1. The van der Waals surface area contributed by atoms with E-state index in [-0.39, 0.29) is 5.69 Å². The van der Waals surface area contributed by atoms with Crippen LogP contribution in [0, 0.1) is 6.92 Å². The fourth-order valence-electron chi connectivity index (χ4n) is 2.63. The van der Waals surface area contributed by atoms with Crippen LogP contribution in [0.25, 0.3) is 5.69 Å². The average molecular weight is 277 g/mol. The molecule has 0 aliphatic heterocycles. The Labute approximate surface area is 115 Å². The minimum atomic E-state index is -0.961. The van der Waals surface area contributed by atoms with Crippen molar-refractivity contribution in [2.24, 2.45) is 0 Å². The van der Waals surface area contributed by atoms with E-state index >= 15 is 0 Å². The molecular weight excluding hydrogens is 264 g/mol. The Bertz CT molecular complexity index is 676. The second-order valence-corrected chi connectivity index (χ2v) is 5.14. The van der Waals surface area contributed by atoms with Crippen LogP contribution in [0.1, 0.15) is 33.7 Å². The highest BCUT2D eigenvalue weighted by molar-refractivity contribution is 6.31. The maximum atomic E-state index is 11.3. The highest BCUT2D eigenvalue weighted by atomic mass is 35.5. The number of rotatable bonds is 2. The lowest BCUT2D eigenvalue weighted by Gasteiger charge is -2.10. The van der Waals surface area contributed by atoms with Crippen LogP contribution in [0.3, 0.4) is 0 Å². The molecule has 19 heavy (non-hydrogen) atoms. The van der Waals surface area contributed by atoms with E-state index < -0.39 is 5.97 Å². The van der Waals surface area contributed by atoms with E-state index in [1.165, 1.54) is 0 Å². The van der Waals surface area contributed by atoms with Crippen molar-refractivity contribution in [3.8, 4) is 5.69 Å². The Morgan fingerprint density at radius 2 is 2.21 bits per heavy atom. The van der Waals surface area contributed by atoms with Gasteiger partial charge in [-0.25, -0.2) is 9.48 Å². The summed E-state index contributed by atoms with van der Waals surface area (Å²) >= 11 is 6.13. The molecule has 1 N–H and O–H groups in total. The number of carboxylic acid groups (broad SMARTS) is 1. The molecule has 0 radical (unpaired) electrons. The maximum absolute atomic E-state index is 11.3. The summed E-state index contributed by atoms with van der Waals surface area (Å²) in [6.07, 6.45) is 2.63. The van der Waals surface area contributed by atoms with E-state index in [9.17, 15) is 9.90 Å². The van der Waals surface area contributed by atoms with E-state index in [2.05, 4.69) is 5.10 Å². The molecule has 1 aromatic carbocycles. The Balaban J connectivity index is 2.24. The molecule has 0 spiro atoms. The first-order valence-corrected chi connectivity index (χ1v) is 6.57. The first kappa shape index (κ1) is 12.2. The summed E-state index contributed by atoms with van der Waals surface area (Å²) in [5, 5.41) is 14.2. The number of nitrogens with zero attached hydrogens (tertiary/aromatic N) is 2. The second-order valence-electron chi connectivity index (χ2n) is 4.73. The molecule has 0 amide bonds. The molecule has 0 fully saturated rings. The van der Waals surface area contributed by atoms with Gasteiger partial charge in [-0.2, -0.15) is 5.10 Å². The van der Waals surface area contributed by atoms with Gasteiger partial charge < -0.3 is 5.11 Å². The molecular formula is C14H13ClN2O2. The van der Waals surface area contributed by atoms with Crippen LogP contribution < -0.4 is 0 Å². The number of aromatic nitrogens is 2. The Morgan fingerprint density at radius 1 is 1.42 bits per heavy atom. The van der Waals surface area contributed by atoms with Crippen molar-refractivity contribution in [3.63, 3.8) is 0 Å². The highest BCUT2D eigenvalue weighted by Crippen LogP contribution is 2.30. The average Bonchev–Trinajstić information content (AvgIpc) is 2.94. The summed E-state index contributed by atoms with van der Waals surface area (Å²) in [5.74, 6) is -0.961. The van der Waals surface area contributed by atoms with Gasteiger partial charge in [0.25, 0.3) is 0 Å². The number of halogens is 1. The molecule has 1 aliphatic rings. The zero-order chi connectivity index (χ0) is 13.6. The molecule has 98 valence electrons. The minimum absolute atomic E-state index is 0.173. The van der Waals surface area contributed by atoms with Gasteiger partial charge in [-0.05, 0) is 43.9 Å². The predicted octanol–water partition coefficient (Wildman–Crippen LogP) is 3.02. The summed E-state index contributed by atoms with van der Waals surface area (Å²) in [7, 11) is 0. The fourth-order valence-corrected chi connectivity index (χ4v) is 2.80. The van der Waals surface area contributed by atoms with Crippen LogP contribution in [0.2, 0.25) is 5.02 Å². The monoisotopic (exact) mass is 276 g/mol. The zero-order valence-corrected chi connectivity index (χ0v) is 11.2. The number of hydrogen-bond acceptors (Lipinski definition) is 2. The smallest absolute Gasteiger partial charge is 0.356 e. The minimum Gasteiger partial charge on any atom is -0.476 e. The molecule has 0 saturated heterocycles. The molecule has 3 rings (SSSR count). The largest absolute Gasteiger partial charge is 0.476 e. The third kappa shape index (κ3) is 1.83. The number of aromatic carboxylic acids is 1. The van der Waals surface area contributed by atoms with Crippen molar-refractivity contribution >= 4 is 17.6 Å².